The van der Waals surface area contributed by atoms with Gasteiger partial charge in [0, 0.05) is 17.1 Å². The van der Waals surface area contributed by atoms with Gasteiger partial charge in [0.1, 0.15) is 0 Å². The van der Waals surface area contributed by atoms with E-state index in [0.29, 0.717) is 0 Å². The molecule has 0 radical (unpaired) electrons. The second-order valence-corrected chi connectivity index (χ2v) is 3.94. The summed E-state index contributed by atoms with van der Waals surface area (Å²) in [6.07, 6.45) is 0. The van der Waals surface area contributed by atoms with E-state index in [4.69, 9.17) is 0 Å². The van der Waals surface area contributed by atoms with Gasteiger partial charge in [0.2, 0.25) is 5.91 Å². The minimum absolute atomic E-state index is 0.0462. The molecule has 1 aromatic carbocycles. The summed E-state index contributed by atoms with van der Waals surface area (Å²) >= 11 is 3.44. The Kier molecular flexibility index (Phi) is 3.09. The Bertz CT molecular complexity index is 324. The SMILES string of the molecule is CC(=O)Nc1cc(C)c(C)c(Br)c1. The van der Waals surface area contributed by atoms with Gasteiger partial charge < -0.3 is 5.32 Å². The van der Waals surface area contributed by atoms with E-state index in [1.54, 1.807) is 0 Å². The van der Waals surface area contributed by atoms with Crippen molar-refractivity contribution in [2.45, 2.75) is 20.8 Å². The second kappa shape index (κ2) is 3.92. The molecule has 0 saturated heterocycles. The number of hydrogen-bond acceptors (Lipinski definition) is 1. The Morgan fingerprint density at radius 2 is 2.00 bits per heavy atom. The molecule has 3 heteroatoms. The van der Waals surface area contributed by atoms with Gasteiger partial charge in [0.25, 0.3) is 0 Å². The van der Waals surface area contributed by atoms with Crippen LogP contribution in [-0.4, -0.2) is 5.91 Å². The predicted molar refractivity (Wildman–Crippen MR) is 57.9 cm³/mol. The maximum absolute atomic E-state index is 10.8. The highest BCUT2D eigenvalue weighted by Crippen LogP contribution is 2.24. The number of hydrogen-bond donors (Lipinski definition) is 1. The molecular weight excluding hydrogens is 230 g/mol. The van der Waals surface area contributed by atoms with Gasteiger partial charge in [-0.3, -0.25) is 4.79 Å². The fraction of sp³-hybridized carbons (Fsp3) is 0.300. The van der Waals surface area contributed by atoms with Gasteiger partial charge in [-0.15, -0.1) is 0 Å². The molecular formula is C10H12BrNO. The lowest BCUT2D eigenvalue weighted by Crippen LogP contribution is -2.06. The zero-order valence-electron chi connectivity index (χ0n) is 7.94. The van der Waals surface area contributed by atoms with Crippen molar-refractivity contribution in [2.24, 2.45) is 0 Å². The first kappa shape index (κ1) is 10.3. The lowest BCUT2D eigenvalue weighted by atomic mass is 10.1. The average Bonchev–Trinajstić information content (AvgIpc) is 1.98. The van der Waals surface area contributed by atoms with Gasteiger partial charge in [-0.25, -0.2) is 0 Å². The van der Waals surface area contributed by atoms with Gasteiger partial charge >= 0.3 is 0 Å². The number of anilines is 1. The quantitative estimate of drug-likeness (QED) is 0.805. The van der Waals surface area contributed by atoms with E-state index in [2.05, 4.69) is 21.2 Å². The monoisotopic (exact) mass is 241 g/mol. The first-order chi connectivity index (χ1) is 6.00. The van der Waals surface area contributed by atoms with Crippen LogP contribution in [0.2, 0.25) is 0 Å². The number of amides is 1. The smallest absolute Gasteiger partial charge is 0.221 e. The largest absolute Gasteiger partial charge is 0.326 e. The second-order valence-electron chi connectivity index (χ2n) is 3.08. The molecule has 0 unspecified atom stereocenters. The van der Waals surface area contributed by atoms with Gasteiger partial charge in [-0.1, -0.05) is 15.9 Å². The lowest BCUT2D eigenvalue weighted by Gasteiger charge is -2.07. The van der Waals surface area contributed by atoms with Crippen LogP contribution in [0.15, 0.2) is 16.6 Å². The van der Waals surface area contributed by atoms with Crippen LogP contribution < -0.4 is 5.32 Å². The topological polar surface area (TPSA) is 29.1 Å². The van der Waals surface area contributed by atoms with Crippen LogP contribution in [0.4, 0.5) is 5.69 Å². The summed E-state index contributed by atoms with van der Waals surface area (Å²) in [6, 6.07) is 3.87. The number of aryl methyl sites for hydroxylation is 1. The highest BCUT2D eigenvalue weighted by Gasteiger charge is 2.02. The minimum atomic E-state index is -0.0462. The average molecular weight is 242 g/mol. The first-order valence-electron chi connectivity index (χ1n) is 4.05. The van der Waals surface area contributed by atoms with E-state index in [-0.39, 0.29) is 5.91 Å². The summed E-state index contributed by atoms with van der Waals surface area (Å²) in [4.78, 5) is 10.8. The van der Waals surface area contributed by atoms with Crippen molar-refractivity contribution in [1.82, 2.24) is 0 Å². The molecule has 1 aromatic rings. The third-order valence-electron chi connectivity index (χ3n) is 1.92. The summed E-state index contributed by atoms with van der Waals surface area (Å²) in [7, 11) is 0. The summed E-state index contributed by atoms with van der Waals surface area (Å²) in [6.45, 7) is 5.56. The van der Waals surface area contributed by atoms with Crippen molar-refractivity contribution in [1.29, 1.82) is 0 Å². The van der Waals surface area contributed by atoms with Crippen LogP contribution in [-0.2, 0) is 4.79 Å². The highest BCUT2D eigenvalue weighted by molar-refractivity contribution is 9.10. The van der Waals surface area contributed by atoms with Gasteiger partial charge in [-0.05, 0) is 37.1 Å². The zero-order chi connectivity index (χ0) is 10.0. The Morgan fingerprint density at radius 1 is 1.38 bits per heavy atom. The van der Waals surface area contributed by atoms with Crippen molar-refractivity contribution in [3.63, 3.8) is 0 Å². The van der Waals surface area contributed by atoms with E-state index in [1.807, 2.05) is 26.0 Å². The van der Waals surface area contributed by atoms with E-state index in [1.165, 1.54) is 12.5 Å². The van der Waals surface area contributed by atoms with Crippen LogP contribution in [0, 0.1) is 13.8 Å². The minimum Gasteiger partial charge on any atom is -0.326 e. The van der Waals surface area contributed by atoms with Crippen LogP contribution in [0.5, 0.6) is 0 Å². The fourth-order valence-corrected chi connectivity index (χ4v) is 1.65. The summed E-state index contributed by atoms with van der Waals surface area (Å²) in [5, 5.41) is 2.74. The molecule has 0 spiro atoms. The number of benzene rings is 1. The predicted octanol–water partition coefficient (Wildman–Crippen LogP) is 3.02. The Hall–Kier alpha value is -0.830. The third kappa shape index (κ3) is 2.56. The van der Waals surface area contributed by atoms with Gasteiger partial charge in [-0.2, -0.15) is 0 Å². The van der Waals surface area contributed by atoms with Gasteiger partial charge in [0.15, 0.2) is 0 Å². The molecule has 0 aromatic heterocycles. The molecule has 0 saturated carbocycles. The van der Waals surface area contributed by atoms with E-state index in [9.17, 15) is 4.79 Å². The van der Waals surface area contributed by atoms with E-state index >= 15 is 0 Å². The van der Waals surface area contributed by atoms with Crippen LogP contribution in [0.25, 0.3) is 0 Å². The van der Waals surface area contributed by atoms with Crippen LogP contribution in [0.1, 0.15) is 18.1 Å². The Morgan fingerprint density at radius 3 is 2.46 bits per heavy atom. The molecule has 70 valence electrons. The van der Waals surface area contributed by atoms with E-state index < -0.39 is 0 Å². The fourth-order valence-electron chi connectivity index (χ4n) is 1.09. The van der Waals surface area contributed by atoms with Gasteiger partial charge in [0.05, 0.1) is 0 Å². The molecule has 13 heavy (non-hydrogen) atoms. The van der Waals surface area contributed by atoms with Crippen molar-refractivity contribution in [2.75, 3.05) is 5.32 Å². The molecule has 0 atom stereocenters. The highest BCUT2D eigenvalue weighted by atomic mass is 79.9. The van der Waals surface area contributed by atoms with Crippen molar-refractivity contribution >= 4 is 27.5 Å². The lowest BCUT2D eigenvalue weighted by molar-refractivity contribution is -0.114. The van der Waals surface area contributed by atoms with Crippen LogP contribution >= 0.6 is 15.9 Å². The number of rotatable bonds is 1. The summed E-state index contributed by atoms with van der Waals surface area (Å²) in [5.74, 6) is -0.0462. The zero-order valence-corrected chi connectivity index (χ0v) is 9.53. The maximum Gasteiger partial charge on any atom is 0.221 e. The van der Waals surface area contributed by atoms with Crippen molar-refractivity contribution in [3.8, 4) is 0 Å². The number of carbonyl (C=O) groups is 1. The molecule has 0 fully saturated rings. The molecule has 0 bridgehead atoms. The normalized spacial score (nSPS) is 9.85. The van der Waals surface area contributed by atoms with Crippen LogP contribution in [0.3, 0.4) is 0 Å². The number of carbonyl (C=O) groups excluding carboxylic acids is 1. The third-order valence-corrected chi connectivity index (χ3v) is 2.75. The number of nitrogens with one attached hydrogen (secondary N) is 1. The molecule has 1 N–H and O–H groups in total. The van der Waals surface area contributed by atoms with Crippen molar-refractivity contribution < 1.29 is 4.79 Å². The molecule has 0 heterocycles. The molecule has 0 aliphatic heterocycles. The molecule has 0 aliphatic carbocycles. The molecule has 0 aliphatic rings. The van der Waals surface area contributed by atoms with Crippen molar-refractivity contribution in [3.05, 3.63) is 27.7 Å². The van der Waals surface area contributed by atoms with E-state index in [0.717, 1.165) is 15.7 Å². The molecule has 1 rings (SSSR count). The summed E-state index contributed by atoms with van der Waals surface area (Å²) < 4.78 is 1.02. The Balaban J connectivity index is 3.06. The standard InChI is InChI=1S/C10H12BrNO/c1-6-4-9(12-8(3)13)5-10(11)7(6)2/h4-5H,1-3H3,(H,12,13). The molecule has 2 nitrogen and oxygen atoms in total. The maximum atomic E-state index is 10.8. The molecule has 1 amide bonds. The first-order valence-corrected chi connectivity index (χ1v) is 4.84. The Labute approximate surface area is 86.5 Å². The number of halogens is 1. The summed E-state index contributed by atoms with van der Waals surface area (Å²) in [5.41, 5.74) is 3.20.